The fourth-order valence-electron chi connectivity index (χ4n) is 2.80. The first-order valence-electron chi connectivity index (χ1n) is 9.32. The third-order valence-electron chi connectivity index (χ3n) is 4.77. The summed E-state index contributed by atoms with van der Waals surface area (Å²) >= 11 is 1.64. The van der Waals surface area contributed by atoms with Crippen molar-refractivity contribution in [2.75, 3.05) is 29.5 Å². The summed E-state index contributed by atoms with van der Waals surface area (Å²) in [4.78, 5) is 11.5. The number of anilines is 3. The third-order valence-corrected chi connectivity index (χ3v) is 5.63. The third kappa shape index (κ3) is 4.36. The van der Waals surface area contributed by atoms with Crippen molar-refractivity contribution in [1.82, 2.24) is 9.97 Å². The molecular formula is C21H27N5OS. The normalized spacial score (nSPS) is 11.0. The van der Waals surface area contributed by atoms with Crippen LogP contribution in [0.4, 0.5) is 17.3 Å². The molecule has 0 saturated heterocycles. The van der Waals surface area contributed by atoms with Crippen LogP contribution in [0.3, 0.4) is 0 Å². The molecule has 0 unspecified atom stereocenters. The molecule has 0 saturated carbocycles. The number of nitrogens with one attached hydrogen (secondary N) is 1. The Morgan fingerprint density at radius 2 is 1.89 bits per heavy atom. The van der Waals surface area contributed by atoms with Crippen molar-refractivity contribution < 1.29 is 5.11 Å². The van der Waals surface area contributed by atoms with Gasteiger partial charge in [0.2, 0.25) is 0 Å². The number of aromatic hydroxyl groups is 1. The Hall–Kier alpha value is -2.80. The second kappa shape index (κ2) is 8.48. The lowest BCUT2D eigenvalue weighted by Crippen LogP contribution is -2.28. The minimum atomic E-state index is 0.262. The lowest BCUT2D eigenvalue weighted by atomic mass is 10.1. The van der Waals surface area contributed by atoms with Gasteiger partial charge in [0.15, 0.2) is 17.5 Å². The molecule has 0 aliphatic rings. The zero-order valence-electron chi connectivity index (χ0n) is 16.7. The van der Waals surface area contributed by atoms with Gasteiger partial charge in [-0.2, -0.15) is 11.3 Å². The van der Waals surface area contributed by atoms with Gasteiger partial charge in [-0.15, -0.1) is 0 Å². The van der Waals surface area contributed by atoms with E-state index in [1.807, 2.05) is 19.2 Å². The molecule has 3 aromatic rings. The molecule has 0 amide bonds. The van der Waals surface area contributed by atoms with Crippen LogP contribution in [0.2, 0.25) is 0 Å². The van der Waals surface area contributed by atoms with Crippen molar-refractivity contribution in [3.63, 3.8) is 0 Å². The van der Waals surface area contributed by atoms with Gasteiger partial charge in [-0.05, 0) is 55.8 Å². The van der Waals surface area contributed by atoms with Gasteiger partial charge in [0, 0.05) is 30.6 Å². The van der Waals surface area contributed by atoms with E-state index in [4.69, 9.17) is 15.7 Å². The molecular weight excluding hydrogens is 370 g/mol. The Labute approximate surface area is 170 Å². The molecule has 3 rings (SSSR count). The van der Waals surface area contributed by atoms with Crippen molar-refractivity contribution in [3.05, 3.63) is 46.2 Å². The van der Waals surface area contributed by atoms with Gasteiger partial charge in [-0.25, -0.2) is 9.97 Å². The summed E-state index contributed by atoms with van der Waals surface area (Å²) in [6.07, 6.45) is 0.798. The molecule has 28 heavy (non-hydrogen) atoms. The summed E-state index contributed by atoms with van der Waals surface area (Å²) in [5.74, 6) is 2.34. The highest BCUT2D eigenvalue weighted by molar-refractivity contribution is 7.08. The van der Waals surface area contributed by atoms with Crippen LogP contribution in [0.5, 0.6) is 5.75 Å². The van der Waals surface area contributed by atoms with Crippen LogP contribution < -0.4 is 16.0 Å². The van der Waals surface area contributed by atoms with Gasteiger partial charge in [0.05, 0.1) is 0 Å². The van der Waals surface area contributed by atoms with E-state index in [0.717, 1.165) is 28.9 Å². The number of aromatic nitrogens is 2. The van der Waals surface area contributed by atoms with E-state index in [2.05, 4.69) is 41.7 Å². The molecule has 2 aromatic heterocycles. The van der Waals surface area contributed by atoms with Crippen LogP contribution in [0, 0.1) is 6.92 Å². The first-order valence-corrected chi connectivity index (χ1v) is 10.3. The molecule has 0 aliphatic carbocycles. The summed E-state index contributed by atoms with van der Waals surface area (Å²) in [7, 11) is 1.99. The first-order chi connectivity index (χ1) is 13.4. The topological polar surface area (TPSA) is 87.3 Å². The molecule has 0 atom stereocenters. The highest BCUT2D eigenvalue weighted by Gasteiger charge is 2.18. The highest BCUT2D eigenvalue weighted by atomic mass is 32.1. The number of benzene rings is 1. The Morgan fingerprint density at radius 1 is 1.18 bits per heavy atom. The molecule has 0 radical (unpaired) electrons. The zero-order valence-corrected chi connectivity index (χ0v) is 17.5. The smallest absolute Gasteiger partial charge is 0.165 e. The Kier molecular flexibility index (Phi) is 6.04. The Bertz CT molecular complexity index is 936. The molecule has 4 N–H and O–H groups in total. The standard InChI is InChI=1S/C21H27N5OS/c1-13(2)26(4)21-18(22)20(23-10-9-15-5-7-16(27)8-6-15)24-19(25-21)17-12-28-11-14(17)3/h5-8,11-13,27H,9-10,22H2,1-4H3,(H,23,24,25). The number of phenols is 1. The fraction of sp³-hybridized carbons (Fsp3) is 0.333. The quantitative estimate of drug-likeness (QED) is 0.551. The second-order valence-corrected chi connectivity index (χ2v) is 7.89. The predicted molar refractivity (Wildman–Crippen MR) is 118 cm³/mol. The number of rotatable bonds is 7. The van der Waals surface area contributed by atoms with Crippen LogP contribution >= 0.6 is 11.3 Å². The molecule has 0 aliphatic heterocycles. The molecule has 7 heteroatoms. The molecule has 6 nitrogen and oxygen atoms in total. The SMILES string of the molecule is Cc1cscc1-c1nc(NCCc2ccc(O)cc2)c(N)c(N(C)C(C)C)n1. The molecule has 0 fully saturated rings. The molecule has 0 spiro atoms. The van der Waals surface area contributed by atoms with Gasteiger partial charge in [-0.3, -0.25) is 0 Å². The number of nitrogen functional groups attached to an aromatic ring is 1. The number of aryl methyl sites for hydroxylation is 1. The van der Waals surface area contributed by atoms with E-state index in [0.29, 0.717) is 23.9 Å². The maximum Gasteiger partial charge on any atom is 0.165 e. The number of nitrogens with two attached hydrogens (primary N) is 1. The van der Waals surface area contributed by atoms with E-state index in [1.165, 1.54) is 0 Å². The van der Waals surface area contributed by atoms with Crippen molar-refractivity contribution in [1.29, 1.82) is 0 Å². The fourth-order valence-corrected chi connectivity index (χ4v) is 3.63. The van der Waals surface area contributed by atoms with Crippen LogP contribution in [-0.2, 0) is 6.42 Å². The van der Waals surface area contributed by atoms with E-state index in [9.17, 15) is 5.11 Å². The molecule has 148 valence electrons. The van der Waals surface area contributed by atoms with E-state index in [1.54, 1.807) is 23.5 Å². The predicted octanol–water partition coefficient (Wildman–Crippen LogP) is 4.30. The minimum Gasteiger partial charge on any atom is -0.508 e. The van der Waals surface area contributed by atoms with Gasteiger partial charge >= 0.3 is 0 Å². The van der Waals surface area contributed by atoms with Gasteiger partial charge in [-0.1, -0.05) is 12.1 Å². The molecule has 2 heterocycles. The van der Waals surface area contributed by atoms with Gasteiger partial charge in [0.25, 0.3) is 0 Å². The first kappa shape index (κ1) is 19.9. The Balaban J connectivity index is 1.89. The van der Waals surface area contributed by atoms with Crippen molar-refractivity contribution >= 4 is 28.7 Å². The van der Waals surface area contributed by atoms with Crippen LogP contribution in [0.15, 0.2) is 35.0 Å². The number of phenolic OH excluding ortho intramolecular Hbond substituents is 1. The molecule has 1 aromatic carbocycles. The maximum absolute atomic E-state index is 9.41. The van der Waals surface area contributed by atoms with Crippen LogP contribution in [0.1, 0.15) is 25.0 Å². The van der Waals surface area contributed by atoms with E-state index >= 15 is 0 Å². The molecule has 0 bridgehead atoms. The van der Waals surface area contributed by atoms with E-state index in [-0.39, 0.29) is 11.8 Å². The number of hydrogen-bond acceptors (Lipinski definition) is 7. The van der Waals surface area contributed by atoms with Crippen LogP contribution in [0.25, 0.3) is 11.4 Å². The monoisotopic (exact) mass is 397 g/mol. The van der Waals surface area contributed by atoms with E-state index < -0.39 is 0 Å². The minimum absolute atomic E-state index is 0.262. The van der Waals surface area contributed by atoms with Crippen molar-refractivity contribution in [2.45, 2.75) is 33.2 Å². The van der Waals surface area contributed by atoms with Crippen LogP contribution in [-0.4, -0.2) is 34.7 Å². The summed E-state index contributed by atoms with van der Waals surface area (Å²) in [6.45, 7) is 6.96. The largest absolute Gasteiger partial charge is 0.508 e. The number of hydrogen-bond donors (Lipinski definition) is 3. The van der Waals surface area contributed by atoms with Gasteiger partial charge in [0.1, 0.15) is 11.4 Å². The average molecular weight is 398 g/mol. The number of nitrogens with zero attached hydrogens (tertiary/aromatic N) is 3. The zero-order chi connectivity index (χ0) is 20.3. The highest BCUT2D eigenvalue weighted by Crippen LogP contribution is 2.33. The summed E-state index contributed by atoms with van der Waals surface area (Å²) in [5, 5.41) is 17.0. The van der Waals surface area contributed by atoms with Crippen molar-refractivity contribution in [3.8, 4) is 17.1 Å². The summed E-state index contributed by atoms with van der Waals surface area (Å²) in [5.41, 5.74) is 10.3. The maximum atomic E-state index is 9.41. The average Bonchev–Trinajstić information content (AvgIpc) is 3.10. The summed E-state index contributed by atoms with van der Waals surface area (Å²) < 4.78 is 0. The Morgan fingerprint density at radius 3 is 2.50 bits per heavy atom. The lowest BCUT2D eigenvalue weighted by Gasteiger charge is -2.25. The lowest BCUT2D eigenvalue weighted by molar-refractivity contribution is 0.475. The number of thiophene rings is 1. The van der Waals surface area contributed by atoms with Gasteiger partial charge < -0.3 is 21.1 Å². The second-order valence-electron chi connectivity index (χ2n) is 7.15. The summed E-state index contributed by atoms with van der Waals surface area (Å²) in [6, 6.07) is 7.48. The van der Waals surface area contributed by atoms with Crippen molar-refractivity contribution in [2.24, 2.45) is 0 Å².